The van der Waals surface area contributed by atoms with Crippen molar-refractivity contribution in [3.63, 3.8) is 0 Å². The van der Waals surface area contributed by atoms with Crippen molar-refractivity contribution >= 4 is 15.9 Å². The Morgan fingerprint density at radius 2 is 1.41 bits per heavy atom. The average molecular weight is 523 g/mol. The Kier molecular flexibility index (Phi) is 13.2. The van der Waals surface area contributed by atoms with Gasteiger partial charge in [-0.3, -0.25) is 0 Å². The second-order valence-corrected chi connectivity index (χ2v) is 7.87. The maximum atomic E-state index is 6.51. The van der Waals surface area contributed by atoms with Gasteiger partial charge in [0.15, 0.2) is 0 Å². The minimum absolute atomic E-state index is 0.0571. The van der Waals surface area contributed by atoms with E-state index in [0.717, 1.165) is 16.5 Å². The molecule has 32 heavy (non-hydrogen) atoms. The molecule has 184 valence electrons. The number of alkyl halides is 1. The Morgan fingerprint density at radius 3 is 2.00 bits per heavy atom. The SMILES string of the molecule is COCOCC1O[C@@H](c2ccc(C)c(CBr)c2)C(OCOC)C(OCOC)[C@@H]1OCOC. The molecule has 0 aliphatic carbocycles. The van der Waals surface area contributed by atoms with Crippen LogP contribution in [0.15, 0.2) is 18.2 Å². The first kappa shape index (κ1) is 27.6. The number of hydrogen-bond acceptors (Lipinski definition) is 9. The summed E-state index contributed by atoms with van der Waals surface area (Å²) in [7, 11) is 6.25. The fourth-order valence-corrected chi connectivity index (χ4v) is 4.19. The number of aryl methyl sites for hydroxylation is 1. The fraction of sp³-hybridized carbons (Fsp3) is 0.727. The monoisotopic (exact) mass is 522 g/mol. The third kappa shape index (κ3) is 7.69. The summed E-state index contributed by atoms with van der Waals surface area (Å²) in [6, 6.07) is 6.21. The molecule has 0 N–H and O–H groups in total. The molecular formula is C22H35BrO9. The van der Waals surface area contributed by atoms with Gasteiger partial charge in [0.2, 0.25) is 0 Å². The van der Waals surface area contributed by atoms with E-state index in [1.165, 1.54) is 5.56 Å². The van der Waals surface area contributed by atoms with E-state index in [1.54, 1.807) is 28.4 Å². The molecule has 5 atom stereocenters. The van der Waals surface area contributed by atoms with Crippen molar-refractivity contribution < 1.29 is 42.6 Å². The first-order valence-electron chi connectivity index (χ1n) is 10.3. The van der Waals surface area contributed by atoms with Gasteiger partial charge in [-0.05, 0) is 23.6 Å². The number of ether oxygens (including phenoxy) is 9. The zero-order valence-corrected chi connectivity index (χ0v) is 21.0. The van der Waals surface area contributed by atoms with Crippen LogP contribution >= 0.6 is 15.9 Å². The lowest BCUT2D eigenvalue weighted by atomic mass is 9.89. The van der Waals surface area contributed by atoms with Gasteiger partial charge in [0.05, 0.1) is 6.61 Å². The highest BCUT2D eigenvalue weighted by molar-refractivity contribution is 9.08. The van der Waals surface area contributed by atoms with Gasteiger partial charge < -0.3 is 42.6 Å². The Hall–Kier alpha value is -0.660. The number of hydrogen-bond donors (Lipinski definition) is 0. The molecular weight excluding hydrogens is 488 g/mol. The number of benzene rings is 1. The van der Waals surface area contributed by atoms with Gasteiger partial charge in [-0.15, -0.1) is 0 Å². The van der Waals surface area contributed by atoms with E-state index in [-0.39, 0.29) is 33.8 Å². The molecule has 0 radical (unpaired) electrons. The fourth-order valence-electron chi connectivity index (χ4n) is 3.59. The highest BCUT2D eigenvalue weighted by Gasteiger charge is 2.49. The van der Waals surface area contributed by atoms with Gasteiger partial charge in [0.1, 0.15) is 57.7 Å². The number of halogens is 1. The van der Waals surface area contributed by atoms with Crippen LogP contribution in [0.5, 0.6) is 0 Å². The highest BCUT2D eigenvalue weighted by Crippen LogP contribution is 2.38. The maximum Gasteiger partial charge on any atom is 0.146 e. The van der Waals surface area contributed by atoms with Gasteiger partial charge in [-0.2, -0.15) is 0 Å². The second kappa shape index (κ2) is 15.3. The molecule has 0 saturated carbocycles. The normalized spacial score (nSPS) is 25.9. The molecule has 9 nitrogen and oxygen atoms in total. The van der Waals surface area contributed by atoms with Crippen LogP contribution in [0.1, 0.15) is 22.8 Å². The molecule has 0 spiro atoms. The number of rotatable bonds is 15. The molecule has 0 bridgehead atoms. The molecule has 3 unspecified atom stereocenters. The summed E-state index contributed by atoms with van der Waals surface area (Å²) in [6.07, 6.45) is -2.53. The van der Waals surface area contributed by atoms with Crippen molar-refractivity contribution in [1.82, 2.24) is 0 Å². The molecule has 1 fully saturated rings. The van der Waals surface area contributed by atoms with Crippen molar-refractivity contribution in [3.05, 3.63) is 34.9 Å². The lowest BCUT2D eigenvalue weighted by molar-refractivity contribution is -0.299. The standard InChI is InChI=1S/C22H35BrO9/c1-15-6-7-16(8-17(15)9-23)19-21(30-13-26-4)22(31-14-27-5)20(29-12-25-3)18(32-19)10-28-11-24-2/h6-8,18-22H,9-14H2,1-5H3/t18?,19-,20+,21?,22?/m0/s1. The van der Waals surface area contributed by atoms with Crippen LogP contribution < -0.4 is 0 Å². The van der Waals surface area contributed by atoms with Crippen LogP contribution in [-0.2, 0) is 48.0 Å². The molecule has 1 aromatic rings. The summed E-state index contributed by atoms with van der Waals surface area (Å²) in [5.41, 5.74) is 3.30. The minimum atomic E-state index is -0.541. The second-order valence-electron chi connectivity index (χ2n) is 7.31. The summed E-state index contributed by atoms with van der Waals surface area (Å²) in [5.74, 6) is 0. The van der Waals surface area contributed by atoms with Gasteiger partial charge in [-0.1, -0.05) is 34.1 Å². The van der Waals surface area contributed by atoms with E-state index in [4.69, 9.17) is 42.6 Å². The summed E-state index contributed by atoms with van der Waals surface area (Å²) in [4.78, 5) is 0. The quantitative estimate of drug-likeness (QED) is 0.196. The summed E-state index contributed by atoms with van der Waals surface area (Å²) in [5, 5.41) is 0.729. The predicted molar refractivity (Wildman–Crippen MR) is 119 cm³/mol. The van der Waals surface area contributed by atoms with E-state index in [0.29, 0.717) is 0 Å². The Bertz CT molecular complexity index is 648. The summed E-state index contributed by atoms with van der Waals surface area (Å²) in [6.45, 7) is 2.62. The Balaban J connectivity index is 2.43. The molecule has 10 heteroatoms. The van der Waals surface area contributed by atoms with Crippen molar-refractivity contribution in [2.75, 3.05) is 62.2 Å². The predicted octanol–water partition coefficient (Wildman–Crippen LogP) is 2.92. The van der Waals surface area contributed by atoms with Crippen LogP contribution in [0, 0.1) is 6.92 Å². The first-order chi connectivity index (χ1) is 15.6. The molecule has 0 aromatic heterocycles. The van der Waals surface area contributed by atoms with E-state index < -0.39 is 30.5 Å². The summed E-state index contributed by atoms with van der Waals surface area (Å²) < 4.78 is 50.8. The van der Waals surface area contributed by atoms with Crippen molar-refractivity contribution in [2.24, 2.45) is 0 Å². The van der Waals surface area contributed by atoms with Crippen LogP contribution in [0.25, 0.3) is 0 Å². The Morgan fingerprint density at radius 1 is 0.812 bits per heavy atom. The van der Waals surface area contributed by atoms with Crippen LogP contribution in [0.4, 0.5) is 0 Å². The smallest absolute Gasteiger partial charge is 0.146 e. The largest absolute Gasteiger partial charge is 0.362 e. The topological polar surface area (TPSA) is 83.1 Å². The maximum absolute atomic E-state index is 6.51. The lowest BCUT2D eigenvalue weighted by Crippen LogP contribution is -2.58. The van der Waals surface area contributed by atoms with Gasteiger partial charge in [0.25, 0.3) is 0 Å². The lowest BCUT2D eigenvalue weighted by Gasteiger charge is -2.46. The minimum Gasteiger partial charge on any atom is -0.362 e. The molecule has 0 amide bonds. The molecule has 1 aromatic carbocycles. The van der Waals surface area contributed by atoms with Gasteiger partial charge in [0, 0.05) is 33.8 Å². The van der Waals surface area contributed by atoms with Crippen LogP contribution in [0.2, 0.25) is 0 Å². The van der Waals surface area contributed by atoms with E-state index in [9.17, 15) is 0 Å². The van der Waals surface area contributed by atoms with E-state index in [1.807, 2.05) is 6.07 Å². The molecule has 2 rings (SSSR count). The third-order valence-electron chi connectivity index (χ3n) is 5.10. The molecule has 1 aliphatic rings. The Labute approximate surface area is 198 Å². The third-order valence-corrected chi connectivity index (χ3v) is 5.70. The zero-order chi connectivity index (χ0) is 23.3. The van der Waals surface area contributed by atoms with Crippen molar-refractivity contribution in [1.29, 1.82) is 0 Å². The molecule has 1 saturated heterocycles. The first-order valence-corrected chi connectivity index (χ1v) is 11.4. The van der Waals surface area contributed by atoms with Crippen molar-refractivity contribution in [2.45, 2.75) is 42.8 Å². The highest BCUT2D eigenvalue weighted by atomic mass is 79.9. The van der Waals surface area contributed by atoms with Gasteiger partial charge in [-0.25, -0.2) is 0 Å². The van der Waals surface area contributed by atoms with Crippen LogP contribution in [-0.4, -0.2) is 86.6 Å². The van der Waals surface area contributed by atoms with Crippen molar-refractivity contribution in [3.8, 4) is 0 Å². The molecule has 1 aliphatic heterocycles. The summed E-state index contributed by atoms with van der Waals surface area (Å²) >= 11 is 3.56. The van der Waals surface area contributed by atoms with E-state index >= 15 is 0 Å². The average Bonchev–Trinajstić information content (AvgIpc) is 2.81. The van der Waals surface area contributed by atoms with E-state index in [2.05, 4.69) is 35.0 Å². The van der Waals surface area contributed by atoms with Crippen LogP contribution in [0.3, 0.4) is 0 Å². The number of methoxy groups -OCH3 is 4. The van der Waals surface area contributed by atoms with Gasteiger partial charge >= 0.3 is 0 Å². The molecule has 1 heterocycles. The zero-order valence-electron chi connectivity index (χ0n) is 19.4.